The summed E-state index contributed by atoms with van der Waals surface area (Å²) < 4.78 is 5.76. The van der Waals surface area contributed by atoms with Crippen LogP contribution in [0.25, 0.3) is 11.3 Å². The summed E-state index contributed by atoms with van der Waals surface area (Å²) in [4.78, 5) is 43.8. The number of likely N-dealkylation sites (tertiary alicyclic amines) is 1. The molecule has 7 heterocycles. The molecule has 316 valence electrons. The Morgan fingerprint density at radius 1 is 0.933 bits per heavy atom. The quantitative estimate of drug-likeness (QED) is 0.106. The average Bonchev–Trinajstić information content (AvgIpc) is 3.26. The Kier molecular flexibility index (Phi) is 11.8. The largest absolute Gasteiger partial charge is 0.507 e. The van der Waals surface area contributed by atoms with Crippen LogP contribution < -0.4 is 25.6 Å². The van der Waals surface area contributed by atoms with Gasteiger partial charge in [0.15, 0.2) is 12.4 Å². The van der Waals surface area contributed by atoms with Gasteiger partial charge in [0.2, 0.25) is 5.91 Å². The van der Waals surface area contributed by atoms with Crippen LogP contribution in [0.15, 0.2) is 60.9 Å². The molecule has 5 aliphatic heterocycles. The summed E-state index contributed by atoms with van der Waals surface area (Å²) in [5.41, 5.74) is 11.6. The van der Waals surface area contributed by atoms with Gasteiger partial charge in [0.1, 0.15) is 23.2 Å². The van der Waals surface area contributed by atoms with Crippen molar-refractivity contribution in [2.45, 2.75) is 87.7 Å². The first-order valence-corrected chi connectivity index (χ1v) is 22.2. The number of nitrogens with one attached hydrogen (secondary N) is 1. The number of carbonyl (C=O) groups excluding carboxylic acids is 2. The lowest BCUT2D eigenvalue weighted by Gasteiger charge is -2.72. The molecule has 2 aromatic heterocycles. The summed E-state index contributed by atoms with van der Waals surface area (Å²) >= 11 is 5.78. The van der Waals surface area contributed by atoms with E-state index in [1.807, 2.05) is 36.4 Å². The number of benzene rings is 2. The van der Waals surface area contributed by atoms with E-state index in [0.29, 0.717) is 53.9 Å². The van der Waals surface area contributed by atoms with Crippen molar-refractivity contribution in [3.05, 3.63) is 77.9 Å². The smallest absolute Gasteiger partial charge is 0.257 e. The van der Waals surface area contributed by atoms with E-state index in [1.165, 1.54) is 5.56 Å². The number of phenols is 1. The van der Waals surface area contributed by atoms with Crippen LogP contribution in [0, 0.1) is 0 Å². The Labute approximate surface area is 356 Å². The maximum absolute atomic E-state index is 12.4. The van der Waals surface area contributed by atoms with Gasteiger partial charge in [-0.15, -0.1) is 21.8 Å². The number of ether oxygens (including phenoxy) is 1. The molecule has 0 radical (unpaired) electrons. The molecule has 0 bridgehead atoms. The fourth-order valence-corrected chi connectivity index (χ4v) is 10.6. The highest BCUT2D eigenvalue weighted by Gasteiger charge is 2.67. The second-order valence-electron chi connectivity index (χ2n) is 17.2. The molecule has 2 atom stereocenters. The zero-order valence-corrected chi connectivity index (χ0v) is 34.9. The second kappa shape index (κ2) is 17.5. The number of alkyl halides is 1. The molecule has 9 rings (SSSR count). The van der Waals surface area contributed by atoms with E-state index in [9.17, 15) is 14.7 Å². The van der Waals surface area contributed by atoms with Crippen molar-refractivity contribution in [1.29, 1.82) is 0 Å². The Balaban J connectivity index is 0.655. The number of fused-ring (bicyclic) bond motifs is 1. The molecule has 4 fully saturated rings. The van der Waals surface area contributed by atoms with Gasteiger partial charge in [0.25, 0.3) is 5.91 Å². The molecule has 0 saturated carbocycles. The van der Waals surface area contributed by atoms with Crippen LogP contribution in [0.2, 0.25) is 0 Å². The summed E-state index contributed by atoms with van der Waals surface area (Å²) in [6.45, 7) is 6.32. The van der Waals surface area contributed by atoms with Crippen LogP contribution >= 0.6 is 11.6 Å². The number of hydrogen-bond donors (Lipinski definition) is 3. The number of rotatable bonds is 15. The van der Waals surface area contributed by atoms with Gasteiger partial charge in [-0.1, -0.05) is 25.0 Å². The monoisotopic (exact) mass is 834 g/mol. The van der Waals surface area contributed by atoms with Crippen molar-refractivity contribution in [2.24, 2.45) is 0 Å². The number of amides is 2. The number of halogens is 1. The van der Waals surface area contributed by atoms with Gasteiger partial charge in [-0.25, -0.2) is 9.97 Å². The molecule has 2 amide bonds. The minimum atomic E-state index is -0.120. The standard InChI is InChI=1S/C45H55ClN10O4/c46-24-42(59)55-17-7-8-31-20-35(11-12-38(31)55)60-29-41(58)48-15-5-1-2-6-16-53-18-13-30(14-19-53)32-25-49-44(50-26-32)45-22-33-27-54(28-34(23-45)56(33)45)39-21-37(51-52-43(39)47)36-9-3-4-10-40(36)57/h3-4,9-12,20-21,25-26,30,33-34,57H,1-2,5-8,13-19,22-24,27-29H2,(H2,47,52)(H,48,58). The Bertz CT molecular complexity index is 2170. The number of aryl methyl sites for hydroxylation is 1. The highest BCUT2D eigenvalue weighted by atomic mass is 35.5. The van der Waals surface area contributed by atoms with Gasteiger partial charge >= 0.3 is 0 Å². The number of hydrogen-bond acceptors (Lipinski definition) is 12. The minimum absolute atomic E-state index is 0.0246. The van der Waals surface area contributed by atoms with Crippen LogP contribution in [-0.2, 0) is 21.5 Å². The predicted molar refractivity (Wildman–Crippen MR) is 231 cm³/mol. The molecule has 5 aliphatic rings. The third kappa shape index (κ3) is 8.08. The van der Waals surface area contributed by atoms with Crippen molar-refractivity contribution in [3.8, 4) is 22.8 Å². The van der Waals surface area contributed by atoms with Gasteiger partial charge in [0.05, 0.1) is 16.9 Å². The predicted octanol–water partition coefficient (Wildman–Crippen LogP) is 5.24. The fraction of sp³-hybridized carbons (Fsp3) is 0.511. The van der Waals surface area contributed by atoms with Gasteiger partial charge in [-0.2, -0.15) is 0 Å². The number of nitrogens with zero attached hydrogens (tertiary/aromatic N) is 8. The molecule has 4 aromatic rings. The first kappa shape index (κ1) is 40.4. The van der Waals surface area contributed by atoms with E-state index in [1.54, 1.807) is 17.0 Å². The van der Waals surface area contributed by atoms with Crippen molar-refractivity contribution < 1.29 is 19.4 Å². The summed E-state index contributed by atoms with van der Waals surface area (Å²) in [5, 5.41) is 21.9. The van der Waals surface area contributed by atoms with Crippen molar-refractivity contribution in [2.75, 3.05) is 73.8 Å². The van der Waals surface area contributed by atoms with E-state index < -0.39 is 0 Å². The van der Waals surface area contributed by atoms with Crippen molar-refractivity contribution >= 4 is 40.6 Å². The minimum Gasteiger partial charge on any atom is -0.507 e. The maximum atomic E-state index is 12.4. The Morgan fingerprint density at radius 3 is 2.47 bits per heavy atom. The number of nitrogen functional groups attached to an aromatic ring is 1. The lowest BCUT2D eigenvalue weighted by Crippen LogP contribution is -2.83. The average molecular weight is 835 g/mol. The number of nitrogens with two attached hydrogens (primary N) is 1. The summed E-state index contributed by atoms with van der Waals surface area (Å²) in [6.07, 6.45) is 14.6. The summed E-state index contributed by atoms with van der Waals surface area (Å²) in [7, 11) is 0. The van der Waals surface area contributed by atoms with Crippen LogP contribution in [-0.4, -0.2) is 117 Å². The van der Waals surface area contributed by atoms with Crippen LogP contribution in [0.4, 0.5) is 17.2 Å². The van der Waals surface area contributed by atoms with Gasteiger partial charge in [-0.05, 0) is 124 Å². The van der Waals surface area contributed by atoms with E-state index >= 15 is 0 Å². The van der Waals surface area contributed by atoms with E-state index in [4.69, 9.17) is 32.0 Å². The maximum Gasteiger partial charge on any atom is 0.257 e. The molecule has 4 saturated heterocycles. The Hall–Kier alpha value is -5.05. The third-order valence-electron chi connectivity index (χ3n) is 13.4. The van der Waals surface area contributed by atoms with Gasteiger partial charge < -0.3 is 35.6 Å². The molecule has 0 aliphatic carbocycles. The van der Waals surface area contributed by atoms with Crippen LogP contribution in [0.5, 0.6) is 11.5 Å². The van der Waals surface area contributed by atoms with Crippen LogP contribution in [0.1, 0.15) is 80.7 Å². The molecule has 2 unspecified atom stereocenters. The molecule has 0 spiro atoms. The zero-order chi connectivity index (χ0) is 41.2. The number of anilines is 3. The molecule has 60 heavy (non-hydrogen) atoms. The lowest BCUT2D eigenvalue weighted by molar-refractivity contribution is -0.216. The molecule has 15 heteroatoms. The summed E-state index contributed by atoms with van der Waals surface area (Å²) in [5.74, 6) is 2.44. The topological polar surface area (TPSA) is 166 Å². The van der Waals surface area contributed by atoms with Crippen LogP contribution in [0.3, 0.4) is 0 Å². The number of aromatic nitrogens is 4. The number of unbranched alkanes of at least 4 members (excludes halogenated alkanes) is 3. The molecular formula is C45H55ClN10O4. The van der Waals surface area contributed by atoms with E-state index in [2.05, 4.69) is 42.6 Å². The molecule has 4 N–H and O–H groups in total. The number of para-hydroxylation sites is 1. The number of aromatic hydroxyl groups is 1. The van der Waals surface area contributed by atoms with E-state index in [-0.39, 0.29) is 35.6 Å². The SMILES string of the molecule is Nc1nnc(-c2ccccc2O)cc1N1CC2CC3(c4ncc(C5CCN(CCCCCCNC(=O)COc6ccc7c(c6)CCCN7C(=O)CCl)CC5)cn4)CC(C1)N23. The van der Waals surface area contributed by atoms with Crippen molar-refractivity contribution in [3.63, 3.8) is 0 Å². The normalized spacial score (nSPS) is 22.6. The van der Waals surface area contributed by atoms with E-state index in [0.717, 1.165) is 120 Å². The first-order chi connectivity index (χ1) is 29.3. The number of piperidine rings is 2. The second-order valence-corrected chi connectivity index (χ2v) is 17.4. The zero-order valence-electron chi connectivity index (χ0n) is 34.1. The van der Waals surface area contributed by atoms with Gasteiger partial charge in [-0.3, -0.25) is 14.5 Å². The first-order valence-electron chi connectivity index (χ1n) is 21.7. The number of carbonyl (C=O) groups is 2. The highest BCUT2D eigenvalue weighted by molar-refractivity contribution is 6.29. The van der Waals surface area contributed by atoms with Gasteiger partial charge in [0, 0.05) is 61.9 Å². The molecular weight excluding hydrogens is 780 g/mol. The number of phenolic OH excluding ortho intramolecular Hbond substituents is 1. The summed E-state index contributed by atoms with van der Waals surface area (Å²) in [6, 6.07) is 15.6. The highest BCUT2D eigenvalue weighted by Crippen LogP contribution is 2.59. The third-order valence-corrected chi connectivity index (χ3v) is 13.7. The molecule has 14 nitrogen and oxygen atoms in total. The Morgan fingerprint density at radius 2 is 1.70 bits per heavy atom. The lowest BCUT2D eigenvalue weighted by atomic mass is 9.62. The molecule has 2 aromatic carbocycles. The number of piperazine rings is 1. The fourth-order valence-electron chi connectivity index (χ4n) is 10.4. The van der Waals surface area contributed by atoms with Crippen molar-refractivity contribution in [1.82, 2.24) is 35.3 Å².